The molecular formula is C32H40Br2N4O3S2. The minimum Gasteiger partial charge on any atom is -0.477 e. The lowest BCUT2D eigenvalue weighted by Gasteiger charge is -2.13. The van der Waals surface area contributed by atoms with E-state index in [-0.39, 0.29) is 16.7 Å². The van der Waals surface area contributed by atoms with Crippen molar-refractivity contribution in [2.75, 3.05) is 0 Å². The van der Waals surface area contributed by atoms with E-state index in [0.29, 0.717) is 22.8 Å². The number of aromatic carboxylic acids is 1. The highest BCUT2D eigenvalue weighted by atomic mass is 79.9. The number of nitrogens with one attached hydrogen (secondary N) is 1. The Bertz CT molecular complexity index is 1540. The van der Waals surface area contributed by atoms with Gasteiger partial charge in [-0.15, -0.1) is 22.7 Å². The summed E-state index contributed by atoms with van der Waals surface area (Å²) in [6, 6.07) is 12.2. The Hall–Kier alpha value is -2.44. The third-order valence-corrected chi connectivity index (χ3v) is 9.82. The zero-order valence-corrected chi connectivity index (χ0v) is 30.6. The molecule has 11 heteroatoms. The second-order valence-electron chi connectivity index (χ2n) is 11.9. The first-order valence-corrected chi connectivity index (χ1v) is 16.8. The molecule has 4 aromatic rings. The number of rotatable bonds is 5. The van der Waals surface area contributed by atoms with Gasteiger partial charge in [-0.25, -0.2) is 14.8 Å². The van der Waals surface area contributed by atoms with Gasteiger partial charge in [0.25, 0.3) is 5.91 Å². The van der Waals surface area contributed by atoms with Crippen LogP contribution in [0.25, 0.3) is 0 Å². The molecule has 0 unspecified atom stereocenters. The molecule has 7 nitrogen and oxygen atoms in total. The van der Waals surface area contributed by atoms with Gasteiger partial charge in [0.05, 0.1) is 22.4 Å². The second kappa shape index (κ2) is 16.0. The number of amides is 1. The van der Waals surface area contributed by atoms with Gasteiger partial charge in [0.2, 0.25) is 0 Å². The van der Waals surface area contributed by atoms with Crippen molar-refractivity contribution in [3.63, 3.8) is 0 Å². The number of nitrogens with zero attached hydrogens (tertiary/aromatic N) is 2. The van der Waals surface area contributed by atoms with E-state index in [2.05, 4.69) is 80.9 Å². The molecule has 4 N–H and O–H groups in total. The molecule has 2 aromatic carbocycles. The Morgan fingerprint density at radius 1 is 0.814 bits per heavy atom. The number of hydrogen-bond acceptors (Lipinski definition) is 7. The van der Waals surface area contributed by atoms with Crippen molar-refractivity contribution in [2.45, 2.75) is 79.3 Å². The first-order chi connectivity index (χ1) is 19.9. The highest BCUT2D eigenvalue weighted by molar-refractivity contribution is 9.10. The minimum atomic E-state index is -0.900. The van der Waals surface area contributed by atoms with Crippen LogP contribution < -0.4 is 11.1 Å². The van der Waals surface area contributed by atoms with E-state index < -0.39 is 5.97 Å². The minimum absolute atomic E-state index is 0.0223. The molecule has 43 heavy (non-hydrogen) atoms. The number of carbonyl (C=O) groups is 2. The fourth-order valence-corrected chi connectivity index (χ4v) is 6.11. The summed E-state index contributed by atoms with van der Waals surface area (Å²) in [5.41, 5.74) is 10.1. The van der Waals surface area contributed by atoms with E-state index in [4.69, 9.17) is 10.8 Å². The molecule has 0 saturated carbocycles. The predicted octanol–water partition coefficient (Wildman–Crippen LogP) is 8.80. The van der Waals surface area contributed by atoms with Crippen LogP contribution in [0, 0.1) is 13.8 Å². The van der Waals surface area contributed by atoms with Crippen LogP contribution in [0.4, 0.5) is 0 Å². The van der Waals surface area contributed by atoms with Crippen LogP contribution in [0.5, 0.6) is 0 Å². The molecule has 2 heterocycles. The molecule has 0 aliphatic carbocycles. The molecular weight excluding hydrogens is 712 g/mol. The van der Waals surface area contributed by atoms with Crippen molar-refractivity contribution in [2.24, 2.45) is 5.73 Å². The Morgan fingerprint density at radius 3 is 1.63 bits per heavy atom. The molecule has 0 radical (unpaired) electrons. The van der Waals surface area contributed by atoms with E-state index in [1.165, 1.54) is 40.0 Å². The lowest BCUT2D eigenvalue weighted by Crippen LogP contribution is -2.22. The Balaban J connectivity index is 0.000000248. The molecule has 0 bridgehead atoms. The number of aromatic nitrogens is 2. The predicted molar refractivity (Wildman–Crippen MR) is 185 cm³/mol. The van der Waals surface area contributed by atoms with E-state index in [9.17, 15) is 9.59 Å². The number of halogens is 2. The van der Waals surface area contributed by atoms with Gasteiger partial charge in [-0.2, -0.15) is 0 Å². The zero-order valence-electron chi connectivity index (χ0n) is 25.8. The monoisotopic (exact) mass is 750 g/mol. The maximum atomic E-state index is 12.2. The normalized spacial score (nSPS) is 11.1. The maximum Gasteiger partial charge on any atom is 0.347 e. The van der Waals surface area contributed by atoms with E-state index in [0.717, 1.165) is 30.1 Å². The van der Waals surface area contributed by atoms with E-state index >= 15 is 0 Å². The lowest BCUT2D eigenvalue weighted by atomic mass is 9.98. The van der Waals surface area contributed by atoms with Crippen LogP contribution in [0.1, 0.15) is 93.2 Å². The van der Waals surface area contributed by atoms with Crippen LogP contribution in [-0.2, 0) is 23.9 Å². The molecule has 0 spiro atoms. The topological polar surface area (TPSA) is 118 Å². The highest BCUT2D eigenvalue weighted by Gasteiger charge is 2.21. The Kier molecular flexibility index (Phi) is 13.7. The van der Waals surface area contributed by atoms with Crippen molar-refractivity contribution < 1.29 is 14.7 Å². The fraction of sp³-hybridized carbons (Fsp3) is 0.375. The van der Waals surface area contributed by atoms with Gasteiger partial charge in [-0.1, -0.05) is 85.5 Å². The first-order valence-electron chi connectivity index (χ1n) is 13.6. The average molecular weight is 753 g/mol. The first kappa shape index (κ1) is 36.8. The smallest absolute Gasteiger partial charge is 0.347 e. The summed E-state index contributed by atoms with van der Waals surface area (Å²) in [6.07, 6.45) is 3.07. The maximum absolute atomic E-state index is 12.2. The molecule has 0 aliphatic rings. The zero-order chi connectivity index (χ0) is 32.5. The number of carboxylic acids is 1. The van der Waals surface area contributed by atoms with Crippen molar-refractivity contribution in [1.29, 1.82) is 0 Å². The largest absolute Gasteiger partial charge is 0.477 e. The van der Waals surface area contributed by atoms with Gasteiger partial charge in [0, 0.05) is 32.9 Å². The SMILES string of the molecule is CC(C)(C)c1ncc(C(=O)O)s1.Cc1cc(Br)ccc1CN.Cc1cc(Br)ccc1CNC(=O)c1cnc(C(C)(C)C)s1. The molecule has 0 saturated heterocycles. The lowest BCUT2D eigenvalue weighted by molar-refractivity contribution is 0.0701. The molecule has 0 aliphatic heterocycles. The van der Waals surface area contributed by atoms with Crippen molar-refractivity contribution >= 4 is 66.4 Å². The number of carboxylic acid groups (broad SMARTS) is 1. The Labute approximate surface area is 279 Å². The number of aryl methyl sites for hydroxylation is 2. The summed E-state index contributed by atoms with van der Waals surface area (Å²) in [4.78, 5) is 32.1. The van der Waals surface area contributed by atoms with Crippen LogP contribution in [0.2, 0.25) is 0 Å². The van der Waals surface area contributed by atoms with Gasteiger partial charge in [0.1, 0.15) is 9.75 Å². The summed E-state index contributed by atoms with van der Waals surface area (Å²) in [6.45, 7) is 17.6. The molecule has 0 fully saturated rings. The third-order valence-electron chi connectivity index (χ3n) is 6.00. The number of hydrogen-bond donors (Lipinski definition) is 3. The molecule has 4 rings (SSSR count). The van der Waals surface area contributed by atoms with Crippen molar-refractivity contribution in [3.05, 3.63) is 99.8 Å². The van der Waals surface area contributed by atoms with E-state index in [1.807, 2.05) is 58.0 Å². The van der Waals surface area contributed by atoms with Gasteiger partial charge in [0.15, 0.2) is 0 Å². The highest BCUT2D eigenvalue weighted by Crippen LogP contribution is 2.27. The quantitative estimate of drug-likeness (QED) is 0.188. The second-order valence-corrected chi connectivity index (χ2v) is 15.8. The van der Waals surface area contributed by atoms with Gasteiger partial charge >= 0.3 is 5.97 Å². The van der Waals surface area contributed by atoms with Crippen LogP contribution in [0.3, 0.4) is 0 Å². The number of thiazole rings is 2. The van der Waals surface area contributed by atoms with Crippen LogP contribution in [0.15, 0.2) is 57.7 Å². The van der Waals surface area contributed by atoms with Gasteiger partial charge in [-0.05, 0) is 60.4 Å². The van der Waals surface area contributed by atoms with Gasteiger partial charge < -0.3 is 16.2 Å². The summed E-state index contributed by atoms with van der Waals surface area (Å²) in [5, 5.41) is 13.4. The molecule has 1 amide bonds. The van der Waals surface area contributed by atoms with Crippen LogP contribution >= 0.6 is 54.5 Å². The van der Waals surface area contributed by atoms with Crippen molar-refractivity contribution in [3.8, 4) is 0 Å². The average Bonchev–Trinajstić information content (AvgIpc) is 3.60. The number of carbonyl (C=O) groups excluding carboxylic acids is 1. The molecule has 0 atom stereocenters. The van der Waals surface area contributed by atoms with Crippen LogP contribution in [-0.4, -0.2) is 27.0 Å². The summed E-state index contributed by atoms with van der Waals surface area (Å²) in [7, 11) is 0. The van der Waals surface area contributed by atoms with E-state index in [1.54, 1.807) is 6.20 Å². The molecule has 232 valence electrons. The number of nitrogens with two attached hydrogens (primary N) is 1. The van der Waals surface area contributed by atoms with Crippen molar-refractivity contribution in [1.82, 2.24) is 15.3 Å². The fourth-order valence-electron chi connectivity index (χ4n) is 3.45. The van der Waals surface area contributed by atoms with Gasteiger partial charge in [-0.3, -0.25) is 4.79 Å². The molecule has 2 aromatic heterocycles. The standard InChI is InChI=1S/C16H19BrN2OS.C8H10BrN.C8H11NO2S/c1-10-7-12(17)6-5-11(10)8-18-14(20)13-9-19-15(21-13)16(2,3)4;1-6-4-8(9)3-2-7(6)5-10;1-8(2,3)7-9-4-5(12-7)6(10)11/h5-7,9H,8H2,1-4H3,(H,18,20);2-4H,5,10H2,1H3;4H,1-3H3,(H,10,11). The third kappa shape index (κ3) is 11.9. The summed E-state index contributed by atoms with van der Waals surface area (Å²) < 4.78 is 2.16. The summed E-state index contributed by atoms with van der Waals surface area (Å²) in [5.74, 6) is -0.965. The Morgan fingerprint density at radius 2 is 1.26 bits per heavy atom. The summed E-state index contributed by atoms with van der Waals surface area (Å²) >= 11 is 9.52. The number of benzene rings is 2.